The number of rotatable bonds is 8. The number of nitrogens with two attached hydrogens (primary N) is 1. The quantitative estimate of drug-likeness (QED) is 0.156. The molecular formula is C34H34N4O5S3. The lowest BCUT2D eigenvalue weighted by atomic mass is 10.1. The van der Waals surface area contributed by atoms with Gasteiger partial charge in [-0.1, -0.05) is 73.2 Å². The molecule has 4 aromatic heterocycles. The van der Waals surface area contributed by atoms with Crippen molar-refractivity contribution >= 4 is 49.9 Å². The summed E-state index contributed by atoms with van der Waals surface area (Å²) in [4.78, 5) is 20.3. The SMILES string of the molecule is CCc1cc2c(c(Sc3ccccc3)cc(=O)n2Cc2ccc(-c3ccsc3S(=O)(=O)O)cc2)c(CC)n1.Cc1onc(N)c1C. The smallest absolute Gasteiger partial charge is 0.304 e. The number of hydrogen-bond acceptors (Lipinski definition) is 9. The molecule has 0 aliphatic carbocycles. The summed E-state index contributed by atoms with van der Waals surface area (Å²) in [5.41, 5.74) is 11.0. The molecule has 6 aromatic rings. The summed E-state index contributed by atoms with van der Waals surface area (Å²) in [5, 5.41) is 6.15. The Balaban J connectivity index is 0.000000455. The minimum atomic E-state index is -4.30. The van der Waals surface area contributed by atoms with Crippen molar-refractivity contribution in [3.8, 4) is 11.1 Å². The van der Waals surface area contributed by atoms with Crippen LogP contribution >= 0.6 is 23.1 Å². The first-order valence-corrected chi connectivity index (χ1v) is 17.8. The zero-order valence-electron chi connectivity index (χ0n) is 25.9. The standard InChI is InChI=1S/C29H26N2O4S3.C5H8N2O/c1-3-21-16-25-28(24(4-2)30-21)26(37-22-8-6-5-7-9-22)17-27(32)31(25)18-19-10-12-20(13-11-19)23-14-15-36-29(23)38(33,34)35;1-3-4(2)8-7-5(3)6/h5-17H,3-4,18H2,1-2H3,(H,33,34,35);1-2H3,(H2,6,7). The van der Waals surface area contributed by atoms with E-state index in [2.05, 4.69) is 19.0 Å². The molecule has 46 heavy (non-hydrogen) atoms. The second kappa shape index (κ2) is 14.0. The monoisotopic (exact) mass is 674 g/mol. The molecule has 0 radical (unpaired) electrons. The van der Waals surface area contributed by atoms with Crippen LogP contribution in [0.2, 0.25) is 0 Å². The van der Waals surface area contributed by atoms with Crippen LogP contribution in [0.25, 0.3) is 22.0 Å². The minimum absolute atomic E-state index is 0.0781. The number of anilines is 1. The number of fused-ring (bicyclic) bond motifs is 1. The Morgan fingerprint density at radius 3 is 2.28 bits per heavy atom. The van der Waals surface area contributed by atoms with Gasteiger partial charge in [0, 0.05) is 38.1 Å². The highest BCUT2D eigenvalue weighted by Crippen LogP contribution is 2.35. The highest BCUT2D eigenvalue weighted by Gasteiger charge is 2.19. The van der Waals surface area contributed by atoms with Crippen molar-refractivity contribution in [3.63, 3.8) is 0 Å². The third-order valence-electron chi connectivity index (χ3n) is 7.52. The average Bonchev–Trinajstić information content (AvgIpc) is 3.67. The maximum absolute atomic E-state index is 13.5. The van der Waals surface area contributed by atoms with E-state index in [0.717, 1.165) is 73.1 Å². The van der Waals surface area contributed by atoms with Crippen LogP contribution in [-0.2, 0) is 29.5 Å². The summed E-state index contributed by atoms with van der Waals surface area (Å²) in [6, 6.07) is 22.8. The van der Waals surface area contributed by atoms with Crippen LogP contribution in [0, 0.1) is 13.8 Å². The van der Waals surface area contributed by atoms with Crippen LogP contribution in [0.4, 0.5) is 5.82 Å². The van der Waals surface area contributed by atoms with Gasteiger partial charge in [-0.05, 0) is 67.5 Å². The van der Waals surface area contributed by atoms with Gasteiger partial charge in [0.05, 0.1) is 17.8 Å². The predicted molar refractivity (Wildman–Crippen MR) is 184 cm³/mol. The normalized spacial score (nSPS) is 11.4. The second-order valence-electron chi connectivity index (χ2n) is 10.6. The first-order valence-electron chi connectivity index (χ1n) is 14.6. The summed E-state index contributed by atoms with van der Waals surface area (Å²) < 4.78 is 39.4. The van der Waals surface area contributed by atoms with Crippen LogP contribution in [0.5, 0.6) is 0 Å². The third kappa shape index (κ3) is 7.26. The number of aromatic nitrogens is 3. The van der Waals surface area contributed by atoms with Gasteiger partial charge in [-0.2, -0.15) is 8.42 Å². The molecular weight excluding hydrogens is 641 g/mol. The summed E-state index contributed by atoms with van der Waals surface area (Å²) in [6.07, 6.45) is 1.51. The number of thiophene rings is 1. The Morgan fingerprint density at radius 1 is 1.00 bits per heavy atom. The molecule has 3 N–H and O–H groups in total. The fourth-order valence-electron chi connectivity index (χ4n) is 4.91. The summed E-state index contributed by atoms with van der Waals surface area (Å²) in [6.45, 7) is 8.21. The van der Waals surface area contributed by atoms with Crippen molar-refractivity contribution in [3.05, 3.63) is 117 Å². The van der Waals surface area contributed by atoms with Crippen molar-refractivity contribution in [2.24, 2.45) is 0 Å². The Bertz CT molecular complexity index is 2130. The molecule has 4 heterocycles. The first-order chi connectivity index (χ1) is 22.0. The summed E-state index contributed by atoms with van der Waals surface area (Å²) >= 11 is 2.55. The molecule has 9 nitrogen and oxygen atoms in total. The number of pyridine rings is 2. The zero-order chi connectivity index (χ0) is 33.0. The molecule has 0 amide bonds. The second-order valence-corrected chi connectivity index (χ2v) is 14.2. The van der Waals surface area contributed by atoms with E-state index in [-0.39, 0.29) is 9.77 Å². The van der Waals surface area contributed by atoms with E-state index in [4.69, 9.17) is 15.2 Å². The molecule has 0 bridgehead atoms. The number of nitrogen functional groups attached to an aromatic ring is 1. The van der Waals surface area contributed by atoms with Crippen molar-refractivity contribution in [1.82, 2.24) is 14.7 Å². The molecule has 0 unspecified atom stereocenters. The van der Waals surface area contributed by atoms with E-state index in [0.29, 0.717) is 23.5 Å². The van der Waals surface area contributed by atoms with Crippen molar-refractivity contribution in [2.75, 3.05) is 5.73 Å². The van der Waals surface area contributed by atoms with Gasteiger partial charge in [-0.3, -0.25) is 14.3 Å². The van der Waals surface area contributed by atoms with Gasteiger partial charge in [0.2, 0.25) is 0 Å². The molecule has 0 spiro atoms. The van der Waals surface area contributed by atoms with Crippen LogP contribution in [0.1, 0.15) is 42.1 Å². The zero-order valence-corrected chi connectivity index (χ0v) is 28.3. The Labute approximate surface area is 275 Å². The van der Waals surface area contributed by atoms with Crippen LogP contribution in [0.15, 0.2) is 101 Å². The first kappa shape index (κ1) is 33.1. The fourth-order valence-corrected chi connectivity index (χ4v) is 7.70. The average molecular weight is 675 g/mol. The molecule has 2 aromatic carbocycles. The van der Waals surface area contributed by atoms with Crippen LogP contribution in [-0.4, -0.2) is 27.7 Å². The molecule has 0 atom stereocenters. The third-order valence-corrected chi connectivity index (χ3v) is 10.9. The molecule has 0 aliphatic rings. The fraction of sp³-hybridized carbons (Fsp3) is 0.206. The van der Waals surface area contributed by atoms with Gasteiger partial charge in [-0.25, -0.2) is 0 Å². The van der Waals surface area contributed by atoms with Gasteiger partial charge in [0.1, 0.15) is 5.76 Å². The van der Waals surface area contributed by atoms with Gasteiger partial charge in [0.25, 0.3) is 5.56 Å². The van der Waals surface area contributed by atoms with E-state index >= 15 is 0 Å². The molecule has 0 fully saturated rings. The van der Waals surface area contributed by atoms with Crippen molar-refractivity contribution in [1.29, 1.82) is 0 Å². The lowest BCUT2D eigenvalue weighted by Gasteiger charge is -2.17. The minimum Gasteiger partial charge on any atom is -0.381 e. The summed E-state index contributed by atoms with van der Waals surface area (Å²) in [5.74, 6) is 1.28. The van der Waals surface area contributed by atoms with Gasteiger partial charge >= 0.3 is 10.1 Å². The molecule has 12 heteroatoms. The largest absolute Gasteiger partial charge is 0.381 e. The predicted octanol–water partition coefficient (Wildman–Crippen LogP) is 7.57. The van der Waals surface area contributed by atoms with E-state index < -0.39 is 10.1 Å². The van der Waals surface area contributed by atoms with E-state index in [1.807, 2.05) is 74.5 Å². The number of benzene rings is 2. The lowest BCUT2D eigenvalue weighted by Crippen LogP contribution is -2.21. The molecule has 0 saturated carbocycles. The topological polar surface area (TPSA) is 141 Å². The molecule has 0 saturated heterocycles. The highest BCUT2D eigenvalue weighted by molar-refractivity contribution is 7.99. The van der Waals surface area contributed by atoms with E-state index in [1.165, 1.54) is 0 Å². The van der Waals surface area contributed by atoms with Gasteiger partial charge in [-0.15, -0.1) is 11.3 Å². The van der Waals surface area contributed by atoms with Crippen LogP contribution < -0.4 is 11.3 Å². The maximum atomic E-state index is 13.5. The number of hydrogen-bond donors (Lipinski definition) is 2. The molecule has 238 valence electrons. The molecule has 6 rings (SSSR count). The molecule has 0 aliphatic heterocycles. The maximum Gasteiger partial charge on any atom is 0.304 e. The van der Waals surface area contributed by atoms with Crippen molar-refractivity contribution in [2.45, 2.75) is 61.1 Å². The Morgan fingerprint density at radius 2 is 1.72 bits per heavy atom. The van der Waals surface area contributed by atoms with Gasteiger partial charge in [0.15, 0.2) is 10.0 Å². The Kier molecular flexibility index (Phi) is 10.1. The number of aryl methyl sites for hydroxylation is 3. The van der Waals surface area contributed by atoms with E-state index in [9.17, 15) is 17.8 Å². The van der Waals surface area contributed by atoms with Crippen molar-refractivity contribution < 1.29 is 17.5 Å². The number of nitrogens with zero attached hydrogens (tertiary/aromatic N) is 3. The Hall–Kier alpha value is -4.23. The highest BCUT2D eigenvalue weighted by atomic mass is 32.3. The van der Waals surface area contributed by atoms with E-state index in [1.54, 1.807) is 33.8 Å². The summed E-state index contributed by atoms with van der Waals surface area (Å²) in [7, 11) is -4.30. The lowest BCUT2D eigenvalue weighted by molar-refractivity contribution is 0.399. The van der Waals surface area contributed by atoms with Gasteiger partial charge < -0.3 is 14.8 Å². The van der Waals surface area contributed by atoms with Crippen LogP contribution in [0.3, 0.4) is 0 Å².